The zero-order chi connectivity index (χ0) is 13.9. The number of carbonyl (C=O) groups is 1. The Bertz CT molecular complexity index is 553. The molecule has 7 nitrogen and oxygen atoms in total. The van der Waals surface area contributed by atoms with Crippen LogP contribution in [0.5, 0.6) is 0 Å². The molecule has 0 aliphatic heterocycles. The van der Waals surface area contributed by atoms with Gasteiger partial charge in [0.1, 0.15) is 6.07 Å². The molecule has 9 heteroatoms. The molecule has 0 bridgehead atoms. The van der Waals surface area contributed by atoms with Crippen molar-refractivity contribution < 1.29 is 23.2 Å². The Balaban J connectivity index is 3.60. The molecule has 18 heavy (non-hydrogen) atoms. The van der Waals surface area contributed by atoms with Crippen LogP contribution >= 0.6 is 0 Å². The molecule has 1 rings (SSSR count). The molecule has 0 saturated carbocycles. The second kappa shape index (κ2) is 5.13. The van der Waals surface area contributed by atoms with Gasteiger partial charge in [0.05, 0.1) is 7.11 Å². The number of esters is 1. The first-order valence-electron chi connectivity index (χ1n) is 4.38. The molecule has 94 valence electrons. The molecule has 1 aromatic heterocycles. The van der Waals surface area contributed by atoms with E-state index in [0.29, 0.717) is 6.07 Å². The lowest BCUT2D eigenvalue weighted by molar-refractivity contribution is -0.390. The monoisotopic (exact) mass is 257 g/mol. The van der Waals surface area contributed by atoms with Gasteiger partial charge in [-0.05, 0) is 9.91 Å². The molecule has 0 amide bonds. The van der Waals surface area contributed by atoms with Crippen LogP contribution in [0.3, 0.4) is 0 Å². The maximum absolute atomic E-state index is 12.7. The number of nitriles is 1. The summed E-state index contributed by atoms with van der Waals surface area (Å²) in [6.07, 6.45) is -3.15. The van der Waals surface area contributed by atoms with Crippen LogP contribution in [-0.4, -0.2) is 23.0 Å². The lowest BCUT2D eigenvalue weighted by Crippen LogP contribution is -2.10. The average Bonchev–Trinajstić information content (AvgIpc) is 2.35. The maximum atomic E-state index is 12.7. The van der Waals surface area contributed by atoms with Crippen LogP contribution in [0.2, 0.25) is 0 Å². The van der Waals surface area contributed by atoms with Gasteiger partial charge in [-0.1, -0.05) is 0 Å². The smallest absolute Gasteiger partial charge is 0.382 e. The topological polar surface area (TPSA) is 106 Å². The van der Waals surface area contributed by atoms with Gasteiger partial charge >= 0.3 is 11.8 Å². The fraction of sp³-hybridized carbons (Fsp3) is 0.222. The molecule has 0 saturated heterocycles. The Labute approximate surface area is 98.8 Å². The lowest BCUT2D eigenvalue weighted by atomic mass is 10.1. The van der Waals surface area contributed by atoms with E-state index in [1.807, 2.05) is 0 Å². The number of nitro groups is 1. The number of hydrogen-bond donors (Lipinski definition) is 0. The van der Waals surface area contributed by atoms with Crippen LogP contribution in [0.4, 0.5) is 14.6 Å². The lowest BCUT2D eigenvalue weighted by Gasteiger charge is -2.04. The van der Waals surface area contributed by atoms with Crippen molar-refractivity contribution in [1.82, 2.24) is 4.98 Å². The predicted molar refractivity (Wildman–Crippen MR) is 51.9 cm³/mol. The van der Waals surface area contributed by atoms with E-state index in [2.05, 4.69) is 9.72 Å². The quantitative estimate of drug-likeness (QED) is 0.462. The Morgan fingerprint density at radius 2 is 2.28 bits per heavy atom. The molecule has 0 unspecified atom stereocenters. The molecular weight excluding hydrogens is 252 g/mol. The van der Waals surface area contributed by atoms with E-state index in [1.165, 1.54) is 6.07 Å². The Morgan fingerprint density at radius 3 is 2.67 bits per heavy atom. The van der Waals surface area contributed by atoms with Gasteiger partial charge in [-0.3, -0.25) is 0 Å². The first kappa shape index (κ1) is 13.4. The van der Waals surface area contributed by atoms with Crippen molar-refractivity contribution >= 4 is 11.8 Å². The minimum absolute atomic E-state index is 0.599. The molecule has 0 atom stereocenters. The molecule has 1 aromatic rings. The number of aromatic nitrogens is 1. The standard InChI is InChI=1S/C9H5F2N3O4/c1-18-9(15)6-2-4(7(10)11)5(3-12)8(13-6)14(16)17/h2,7H,1H3. The second-order valence-electron chi connectivity index (χ2n) is 2.96. The number of carbonyl (C=O) groups excluding carboxylic acids is 1. The number of rotatable bonds is 3. The van der Waals surface area contributed by atoms with Crippen LogP contribution in [0.15, 0.2) is 6.07 Å². The van der Waals surface area contributed by atoms with Gasteiger partial charge in [-0.15, -0.1) is 0 Å². The molecule has 0 fully saturated rings. The van der Waals surface area contributed by atoms with Gasteiger partial charge in [-0.25, -0.2) is 13.6 Å². The van der Waals surface area contributed by atoms with Crippen molar-refractivity contribution in [2.24, 2.45) is 0 Å². The summed E-state index contributed by atoms with van der Waals surface area (Å²) < 4.78 is 29.5. The van der Waals surface area contributed by atoms with Crippen LogP contribution in [0.25, 0.3) is 0 Å². The average molecular weight is 257 g/mol. The van der Waals surface area contributed by atoms with E-state index in [1.54, 1.807) is 0 Å². The first-order chi connectivity index (χ1) is 8.42. The summed E-state index contributed by atoms with van der Waals surface area (Å²) >= 11 is 0. The van der Waals surface area contributed by atoms with Crippen molar-refractivity contribution in [3.63, 3.8) is 0 Å². The zero-order valence-electron chi connectivity index (χ0n) is 8.89. The number of pyridine rings is 1. The number of methoxy groups -OCH3 is 1. The fourth-order valence-electron chi connectivity index (χ4n) is 1.18. The summed E-state index contributed by atoms with van der Waals surface area (Å²) in [5, 5.41) is 19.3. The summed E-state index contributed by atoms with van der Waals surface area (Å²) in [4.78, 5) is 23.9. The summed E-state index contributed by atoms with van der Waals surface area (Å²) in [5.74, 6) is -2.21. The summed E-state index contributed by atoms with van der Waals surface area (Å²) in [6.45, 7) is 0. The minimum atomic E-state index is -3.15. The van der Waals surface area contributed by atoms with E-state index < -0.39 is 40.0 Å². The van der Waals surface area contributed by atoms with E-state index in [0.717, 1.165) is 7.11 Å². The number of alkyl halides is 2. The number of ether oxygens (including phenoxy) is 1. The van der Waals surface area contributed by atoms with Crippen molar-refractivity contribution in [3.05, 3.63) is 33.0 Å². The third kappa shape index (κ3) is 2.37. The van der Waals surface area contributed by atoms with E-state index >= 15 is 0 Å². The van der Waals surface area contributed by atoms with Gasteiger partial charge < -0.3 is 14.9 Å². The van der Waals surface area contributed by atoms with Crippen molar-refractivity contribution in [1.29, 1.82) is 5.26 Å². The molecule has 0 spiro atoms. The molecule has 0 radical (unpaired) electrons. The SMILES string of the molecule is COC(=O)c1cc(C(F)F)c(C#N)c([N+](=O)[O-])n1. The van der Waals surface area contributed by atoms with Gasteiger partial charge in [0.15, 0.2) is 5.56 Å². The zero-order valence-corrected chi connectivity index (χ0v) is 8.89. The Hall–Kier alpha value is -2.63. The van der Waals surface area contributed by atoms with Gasteiger partial charge in [0.2, 0.25) is 0 Å². The highest BCUT2D eigenvalue weighted by Gasteiger charge is 2.29. The maximum Gasteiger partial charge on any atom is 0.382 e. The van der Waals surface area contributed by atoms with E-state index in [4.69, 9.17) is 5.26 Å². The summed E-state index contributed by atoms with van der Waals surface area (Å²) in [5.41, 5.74) is -2.46. The fourth-order valence-corrected chi connectivity index (χ4v) is 1.18. The Kier molecular flexibility index (Phi) is 3.83. The highest BCUT2D eigenvalue weighted by molar-refractivity contribution is 5.88. The summed E-state index contributed by atoms with van der Waals surface area (Å²) in [7, 11) is 0.968. The Morgan fingerprint density at radius 1 is 1.67 bits per heavy atom. The molecule has 0 N–H and O–H groups in total. The molecule has 1 heterocycles. The van der Waals surface area contributed by atoms with Crippen LogP contribution in [-0.2, 0) is 4.74 Å². The molecule has 0 aliphatic rings. The highest BCUT2D eigenvalue weighted by Crippen LogP contribution is 2.28. The van der Waals surface area contributed by atoms with Crippen molar-refractivity contribution in [3.8, 4) is 6.07 Å². The van der Waals surface area contributed by atoms with Crippen molar-refractivity contribution in [2.45, 2.75) is 6.43 Å². The molecular formula is C9H5F2N3O4. The van der Waals surface area contributed by atoms with Crippen LogP contribution in [0.1, 0.15) is 28.0 Å². The normalized spacial score (nSPS) is 9.94. The van der Waals surface area contributed by atoms with Crippen molar-refractivity contribution in [2.75, 3.05) is 7.11 Å². The molecule has 0 aliphatic carbocycles. The van der Waals surface area contributed by atoms with E-state index in [9.17, 15) is 23.7 Å². The third-order valence-electron chi connectivity index (χ3n) is 1.95. The number of halogens is 2. The highest BCUT2D eigenvalue weighted by atomic mass is 19.3. The third-order valence-corrected chi connectivity index (χ3v) is 1.95. The van der Waals surface area contributed by atoms with Gasteiger partial charge in [0.25, 0.3) is 12.1 Å². The second-order valence-corrected chi connectivity index (χ2v) is 2.96. The van der Waals surface area contributed by atoms with Crippen LogP contribution < -0.4 is 0 Å². The van der Waals surface area contributed by atoms with E-state index in [-0.39, 0.29) is 0 Å². The molecule has 0 aromatic carbocycles. The predicted octanol–water partition coefficient (Wildman–Crippen LogP) is 1.59. The van der Waals surface area contributed by atoms with Crippen LogP contribution in [0, 0.1) is 21.4 Å². The van der Waals surface area contributed by atoms with Gasteiger partial charge in [-0.2, -0.15) is 5.26 Å². The van der Waals surface area contributed by atoms with Gasteiger partial charge in [0, 0.05) is 11.6 Å². The largest absolute Gasteiger partial charge is 0.463 e. The minimum Gasteiger partial charge on any atom is -0.463 e. The summed E-state index contributed by atoms with van der Waals surface area (Å²) in [6, 6.07) is 1.87. The first-order valence-corrected chi connectivity index (χ1v) is 4.38. The number of hydrogen-bond acceptors (Lipinski definition) is 6. The number of nitrogens with zero attached hydrogens (tertiary/aromatic N) is 3.